The van der Waals surface area contributed by atoms with E-state index in [0.717, 1.165) is 69.2 Å². The third-order valence-corrected chi connectivity index (χ3v) is 9.33. The van der Waals surface area contributed by atoms with E-state index in [4.69, 9.17) is 19.0 Å². The highest BCUT2D eigenvalue weighted by atomic mass is 79.9. The molecule has 9 aromatic rings. The molecule has 9 rings (SSSR count). The average molecular weight is 791 g/mol. The minimum Gasteiger partial charge on any atom is -0.454 e. The number of carbonyl (C=O) groups excluding carboxylic acids is 2. The van der Waals surface area contributed by atoms with E-state index in [1.807, 2.05) is 115 Å². The van der Waals surface area contributed by atoms with E-state index in [1.165, 1.54) is 13.8 Å². The summed E-state index contributed by atoms with van der Waals surface area (Å²) in [5.41, 5.74) is 12.6. The number of hydrogen-bond acceptors (Lipinski definition) is 6. The quantitative estimate of drug-likeness (QED) is 0.150. The number of anilines is 3. The van der Waals surface area contributed by atoms with E-state index in [0.29, 0.717) is 22.6 Å². The summed E-state index contributed by atoms with van der Waals surface area (Å²) in [4.78, 5) is 22.3. The zero-order valence-corrected chi connectivity index (χ0v) is 30.0. The molecule has 4 N–H and O–H groups in total. The highest BCUT2D eigenvalue weighted by Crippen LogP contribution is 2.39. The van der Waals surface area contributed by atoms with Crippen molar-refractivity contribution in [2.45, 2.75) is 13.8 Å². The number of nitrogen functional groups attached to an aromatic ring is 1. The number of hydrogen-bond donors (Lipinski definition) is 3. The Bertz CT molecular complexity index is 2730. The van der Waals surface area contributed by atoms with Crippen molar-refractivity contribution in [2.75, 3.05) is 16.4 Å². The topological polar surface area (TPSA) is 124 Å². The average Bonchev–Trinajstić information content (AvgIpc) is 3.81. The highest BCUT2D eigenvalue weighted by Gasteiger charge is 2.15. The molecule has 2 amide bonds. The van der Waals surface area contributed by atoms with E-state index in [-0.39, 0.29) is 11.8 Å². The molecular weight excluding hydrogens is 762 g/mol. The molecule has 0 bridgehead atoms. The summed E-state index contributed by atoms with van der Waals surface area (Å²) in [7, 11) is 0. The van der Waals surface area contributed by atoms with Crippen LogP contribution in [0.4, 0.5) is 17.1 Å². The Morgan fingerprint density at radius 2 is 0.940 bits per heavy atom. The molecule has 0 unspecified atom stereocenters. The van der Waals surface area contributed by atoms with Crippen molar-refractivity contribution in [3.63, 3.8) is 0 Å². The summed E-state index contributed by atoms with van der Waals surface area (Å²) in [5.74, 6) is -0.211. The molecule has 0 aliphatic rings. The SMILES string of the molecule is CC(=O)Nc1ccc(Br)c2c1oc1ccccc12.CC(=O)Nc1cccc2c1oc1ccccc12.Nc1ccc(Br)c2c1oc1ccccc12. The number of rotatable bonds is 2. The van der Waals surface area contributed by atoms with Gasteiger partial charge in [0.2, 0.25) is 11.8 Å². The number of nitrogens with one attached hydrogen (secondary N) is 2. The van der Waals surface area contributed by atoms with Gasteiger partial charge in [0.15, 0.2) is 16.7 Å². The second-order valence-corrected chi connectivity index (χ2v) is 13.2. The molecule has 8 nitrogen and oxygen atoms in total. The van der Waals surface area contributed by atoms with Gasteiger partial charge in [-0.3, -0.25) is 9.59 Å². The van der Waals surface area contributed by atoms with Crippen LogP contribution in [0.25, 0.3) is 65.8 Å². The van der Waals surface area contributed by atoms with Crippen LogP contribution >= 0.6 is 31.9 Å². The molecular formula is C40H29Br2N3O5. The Kier molecular flexibility index (Phi) is 9.05. The molecule has 0 spiro atoms. The summed E-state index contributed by atoms with van der Waals surface area (Å²) in [6, 6.07) is 36.9. The first-order valence-electron chi connectivity index (χ1n) is 15.6. The fraction of sp³-hybridized carbons (Fsp3) is 0.0500. The highest BCUT2D eigenvalue weighted by molar-refractivity contribution is 9.11. The Morgan fingerprint density at radius 3 is 1.54 bits per heavy atom. The Labute approximate surface area is 302 Å². The Balaban J connectivity index is 0.000000118. The summed E-state index contributed by atoms with van der Waals surface area (Å²) >= 11 is 7.04. The first-order valence-corrected chi connectivity index (χ1v) is 17.2. The lowest BCUT2D eigenvalue weighted by Gasteiger charge is -2.03. The van der Waals surface area contributed by atoms with Crippen molar-refractivity contribution in [3.05, 3.63) is 124 Å². The molecule has 50 heavy (non-hydrogen) atoms. The molecule has 3 heterocycles. The molecule has 6 aromatic carbocycles. The van der Waals surface area contributed by atoms with Crippen LogP contribution in [0.5, 0.6) is 0 Å². The van der Waals surface area contributed by atoms with Crippen molar-refractivity contribution >= 4 is 127 Å². The molecule has 248 valence electrons. The van der Waals surface area contributed by atoms with Gasteiger partial charge in [0.05, 0.1) is 17.1 Å². The normalized spacial score (nSPS) is 11.0. The largest absolute Gasteiger partial charge is 0.454 e. The van der Waals surface area contributed by atoms with Crippen molar-refractivity contribution in [1.29, 1.82) is 0 Å². The van der Waals surface area contributed by atoms with Gasteiger partial charge in [0.1, 0.15) is 16.7 Å². The number of para-hydroxylation sites is 4. The van der Waals surface area contributed by atoms with E-state index < -0.39 is 0 Å². The van der Waals surface area contributed by atoms with E-state index >= 15 is 0 Å². The van der Waals surface area contributed by atoms with Gasteiger partial charge in [0, 0.05) is 55.1 Å². The standard InChI is InChI=1S/C14H10BrNO2.C14H11NO2.C12H8BrNO/c1-8(17)16-11-7-6-10(15)13-9-4-2-3-5-12(9)18-14(11)13;1-9(16)15-12-7-4-6-11-10-5-2-3-8-13(10)17-14(11)12;13-8-5-6-9(14)12-11(8)7-3-1-2-4-10(7)15-12/h2-7H,1H3,(H,16,17);2-8H,1H3,(H,15,16);1-6H,14H2. The van der Waals surface area contributed by atoms with Crippen molar-refractivity contribution in [1.82, 2.24) is 0 Å². The molecule has 3 aromatic heterocycles. The molecule has 0 aliphatic heterocycles. The van der Waals surface area contributed by atoms with Gasteiger partial charge in [-0.2, -0.15) is 0 Å². The van der Waals surface area contributed by atoms with Gasteiger partial charge in [-0.25, -0.2) is 0 Å². The molecule has 0 aliphatic carbocycles. The van der Waals surface area contributed by atoms with Crippen LogP contribution in [0.1, 0.15) is 13.8 Å². The van der Waals surface area contributed by atoms with Gasteiger partial charge < -0.3 is 29.6 Å². The van der Waals surface area contributed by atoms with Crippen molar-refractivity contribution in [3.8, 4) is 0 Å². The predicted octanol–water partition coefficient (Wildman–Crippen LogP) is 11.8. The van der Waals surface area contributed by atoms with E-state index in [2.05, 4.69) is 42.5 Å². The summed E-state index contributed by atoms with van der Waals surface area (Å²) in [6.45, 7) is 2.97. The summed E-state index contributed by atoms with van der Waals surface area (Å²) < 4.78 is 19.3. The van der Waals surface area contributed by atoms with Crippen LogP contribution in [-0.2, 0) is 9.59 Å². The molecule has 0 saturated carbocycles. The lowest BCUT2D eigenvalue weighted by molar-refractivity contribution is -0.115. The number of benzene rings is 6. The number of fused-ring (bicyclic) bond motifs is 9. The van der Waals surface area contributed by atoms with Crippen molar-refractivity contribution < 1.29 is 22.8 Å². The second kappa shape index (κ2) is 13.7. The van der Waals surface area contributed by atoms with Crippen LogP contribution in [0.2, 0.25) is 0 Å². The minimum atomic E-state index is -0.112. The predicted molar refractivity (Wildman–Crippen MR) is 210 cm³/mol. The second-order valence-electron chi connectivity index (χ2n) is 11.5. The number of furan rings is 3. The van der Waals surface area contributed by atoms with Crippen LogP contribution in [0.3, 0.4) is 0 Å². The molecule has 0 atom stereocenters. The summed E-state index contributed by atoms with van der Waals surface area (Å²) in [5, 5.41) is 11.8. The first-order chi connectivity index (χ1) is 24.2. The van der Waals surface area contributed by atoms with Gasteiger partial charge in [-0.15, -0.1) is 0 Å². The van der Waals surface area contributed by atoms with E-state index in [9.17, 15) is 9.59 Å². The maximum atomic E-state index is 11.2. The number of amides is 2. The number of carbonyl (C=O) groups is 2. The van der Waals surface area contributed by atoms with Crippen LogP contribution in [0.15, 0.2) is 137 Å². The fourth-order valence-corrected chi connectivity index (χ4v) is 6.97. The van der Waals surface area contributed by atoms with Gasteiger partial charge in [0.25, 0.3) is 0 Å². The summed E-state index contributed by atoms with van der Waals surface area (Å²) in [6.07, 6.45) is 0. The third kappa shape index (κ3) is 6.31. The van der Waals surface area contributed by atoms with Gasteiger partial charge in [-0.05, 0) is 48.5 Å². The lowest BCUT2D eigenvalue weighted by atomic mass is 10.1. The van der Waals surface area contributed by atoms with Gasteiger partial charge >= 0.3 is 0 Å². The van der Waals surface area contributed by atoms with Crippen molar-refractivity contribution in [2.24, 2.45) is 0 Å². The molecule has 0 fully saturated rings. The minimum absolute atomic E-state index is 0.0991. The fourth-order valence-electron chi connectivity index (χ4n) is 5.92. The van der Waals surface area contributed by atoms with E-state index in [1.54, 1.807) is 0 Å². The van der Waals surface area contributed by atoms with Crippen LogP contribution in [-0.4, -0.2) is 11.8 Å². The maximum Gasteiger partial charge on any atom is 0.221 e. The number of nitrogens with two attached hydrogens (primary N) is 1. The first kappa shape index (κ1) is 32.9. The molecule has 10 heteroatoms. The molecule has 0 saturated heterocycles. The third-order valence-electron chi connectivity index (χ3n) is 8.01. The lowest BCUT2D eigenvalue weighted by Crippen LogP contribution is -2.05. The zero-order chi connectivity index (χ0) is 34.9. The Hall–Kier alpha value is -5.58. The Morgan fingerprint density at radius 1 is 0.500 bits per heavy atom. The monoisotopic (exact) mass is 789 g/mol. The smallest absolute Gasteiger partial charge is 0.221 e. The maximum absolute atomic E-state index is 11.2. The van der Waals surface area contributed by atoms with Crippen LogP contribution in [0, 0.1) is 0 Å². The number of halogens is 2. The zero-order valence-electron chi connectivity index (χ0n) is 26.8. The van der Waals surface area contributed by atoms with Gasteiger partial charge in [-0.1, -0.05) is 98.6 Å². The molecule has 0 radical (unpaired) electrons. The van der Waals surface area contributed by atoms with Crippen LogP contribution < -0.4 is 16.4 Å².